The van der Waals surface area contributed by atoms with E-state index < -0.39 is 83.9 Å². The monoisotopic (exact) mass is 803 g/mol. The van der Waals surface area contributed by atoms with E-state index in [1.807, 2.05) is 26.0 Å². The third kappa shape index (κ3) is 11.3. The van der Waals surface area contributed by atoms with Gasteiger partial charge in [-0.25, -0.2) is 4.79 Å². The van der Waals surface area contributed by atoms with E-state index in [9.17, 15) is 39.6 Å². The molecule has 2 saturated heterocycles. The zero-order valence-electron chi connectivity index (χ0n) is 35.1. The molecule has 3 heterocycles. The Morgan fingerprint density at radius 1 is 0.982 bits per heavy atom. The Labute approximate surface area is 338 Å². The van der Waals surface area contributed by atoms with Gasteiger partial charge < -0.3 is 44.3 Å². The minimum atomic E-state index is -2.52. The van der Waals surface area contributed by atoms with Crippen LogP contribution in [0.4, 0.5) is 0 Å². The van der Waals surface area contributed by atoms with Crippen molar-refractivity contribution in [3.8, 4) is 0 Å². The first-order valence-corrected chi connectivity index (χ1v) is 21.0. The summed E-state index contributed by atoms with van der Waals surface area (Å²) in [5.74, 6) is -8.19. The minimum Gasteiger partial charge on any atom is -0.456 e. The molecule has 0 aromatic rings. The predicted octanol–water partition coefficient (Wildman–Crippen LogP) is 4.23. The van der Waals surface area contributed by atoms with E-state index in [1.165, 1.54) is 19.1 Å². The van der Waals surface area contributed by atoms with Crippen molar-refractivity contribution < 1.29 is 58.6 Å². The molecule has 1 saturated carbocycles. The minimum absolute atomic E-state index is 0.00385. The number of ketones is 2. The Bertz CT molecular complexity index is 1480. The fourth-order valence-electron chi connectivity index (χ4n) is 9.51. The number of methoxy groups -OCH3 is 2. The molecular formula is C44H69NO12. The number of esters is 1. The van der Waals surface area contributed by atoms with Crippen molar-refractivity contribution >= 4 is 23.4 Å². The van der Waals surface area contributed by atoms with Crippen LogP contribution in [-0.4, -0.2) is 125 Å². The van der Waals surface area contributed by atoms with Gasteiger partial charge in [-0.3, -0.25) is 14.4 Å². The number of carbonyl (C=O) groups is 4. The summed E-state index contributed by atoms with van der Waals surface area (Å²) < 4.78 is 24.2. The largest absolute Gasteiger partial charge is 0.456 e. The first-order valence-electron chi connectivity index (χ1n) is 21.0. The van der Waals surface area contributed by atoms with Crippen LogP contribution in [0.1, 0.15) is 105 Å². The zero-order chi connectivity index (χ0) is 42.2. The smallest absolute Gasteiger partial charge is 0.329 e. The second-order valence-corrected chi connectivity index (χ2v) is 17.4. The van der Waals surface area contributed by atoms with Crippen LogP contribution in [0.5, 0.6) is 0 Å². The number of hydrogen-bond donors (Lipinski definition) is 4. The lowest BCUT2D eigenvalue weighted by Crippen LogP contribution is -2.64. The SMILES string of the molecule is C=CC[C@@H]1C=C(C)C[C@H](C)C[C@H](OC)[C@H]2O[C@@](O)(C(=O)C(=O)N3CCCCC3C(=O)O[C@H](C(C)=C[C@@H]3CC[C@@H](O)[C@H](CO)C3)[C@H](C)[C@@H](O)CC1=O)[C@H](C)C[C@@H]2OC. The van der Waals surface area contributed by atoms with E-state index in [0.717, 1.165) is 5.57 Å². The number of hydrogen-bond acceptors (Lipinski definition) is 12. The highest BCUT2D eigenvalue weighted by Gasteiger charge is 2.56. The van der Waals surface area contributed by atoms with Crippen LogP contribution < -0.4 is 0 Å². The quantitative estimate of drug-likeness (QED) is 0.163. The van der Waals surface area contributed by atoms with Gasteiger partial charge in [0, 0.05) is 57.5 Å². The molecule has 4 N–H and O–H groups in total. The number of allylic oxidation sites excluding steroid dienone is 4. The first-order chi connectivity index (χ1) is 27.0. The molecule has 0 spiro atoms. The maximum atomic E-state index is 14.3. The highest BCUT2D eigenvalue weighted by molar-refractivity contribution is 6.39. The van der Waals surface area contributed by atoms with Crippen LogP contribution in [0, 0.1) is 35.5 Å². The molecule has 1 unspecified atom stereocenters. The summed E-state index contributed by atoms with van der Waals surface area (Å²) in [5.41, 5.74) is 1.58. The number of ether oxygens (including phenoxy) is 4. The van der Waals surface area contributed by atoms with Gasteiger partial charge in [-0.2, -0.15) is 0 Å². The van der Waals surface area contributed by atoms with Gasteiger partial charge in [0.1, 0.15) is 24.0 Å². The van der Waals surface area contributed by atoms with Crippen LogP contribution >= 0.6 is 0 Å². The molecule has 1 aliphatic carbocycles. The van der Waals surface area contributed by atoms with Crippen molar-refractivity contribution in [1.82, 2.24) is 4.90 Å². The van der Waals surface area contributed by atoms with Crippen LogP contribution in [0.25, 0.3) is 0 Å². The molecule has 57 heavy (non-hydrogen) atoms. The molecule has 3 aliphatic heterocycles. The number of piperidine rings is 1. The van der Waals surface area contributed by atoms with Gasteiger partial charge in [-0.15, -0.1) is 6.58 Å². The van der Waals surface area contributed by atoms with Crippen LogP contribution in [0.2, 0.25) is 0 Å². The Hall–Kier alpha value is -2.78. The fraction of sp³-hybridized carbons (Fsp3) is 0.773. The van der Waals surface area contributed by atoms with Gasteiger partial charge in [0.05, 0.1) is 24.4 Å². The van der Waals surface area contributed by atoms with Gasteiger partial charge in [0.2, 0.25) is 5.79 Å². The van der Waals surface area contributed by atoms with Gasteiger partial charge in [0.15, 0.2) is 0 Å². The van der Waals surface area contributed by atoms with Gasteiger partial charge >= 0.3 is 5.97 Å². The van der Waals surface area contributed by atoms with E-state index in [4.69, 9.17) is 18.9 Å². The summed E-state index contributed by atoms with van der Waals surface area (Å²) in [7, 11) is 3.04. The molecule has 0 aromatic carbocycles. The number of Topliss-reactive ketones (excluding diaryl/α,β-unsaturated/α-hetero) is 2. The van der Waals surface area contributed by atoms with Crippen LogP contribution in [0.3, 0.4) is 0 Å². The average Bonchev–Trinajstić information content (AvgIpc) is 3.18. The molecule has 13 heteroatoms. The van der Waals surface area contributed by atoms with Crippen molar-refractivity contribution in [3.63, 3.8) is 0 Å². The van der Waals surface area contributed by atoms with Crippen molar-refractivity contribution in [2.24, 2.45) is 35.5 Å². The summed E-state index contributed by atoms with van der Waals surface area (Å²) >= 11 is 0. The summed E-state index contributed by atoms with van der Waals surface area (Å²) in [6.45, 7) is 12.9. The number of carbonyl (C=O) groups excluding carboxylic acids is 4. The lowest BCUT2D eigenvalue weighted by molar-refractivity contribution is -0.302. The summed E-state index contributed by atoms with van der Waals surface area (Å²) in [6.07, 6.45) is 5.00. The second kappa shape index (κ2) is 21.0. The number of nitrogens with zero attached hydrogens (tertiary/aromatic N) is 1. The normalized spacial score (nSPS) is 40.1. The maximum Gasteiger partial charge on any atom is 0.329 e. The van der Waals surface area contributed by atoms with E-state index in [2.05, 4.69) is 6.58 Å². The van der Waals surface area contributed by atoms with Crippen molar-refractivity contribution in [3.05, 3.63) is 36.0 Å². The number of cyclic esters (lactones) is 1. The standard InChI is InChI=1S/C44H69NO12/c1-9-12-31-18-25(2)17-26(3)19-37(54-7)40-38(55-8)21-28(5)44(53,57-40)41(50)42(51)45-16-11-10-13-33(45)43(52)56-39(29(6)35(48)23-36(31)49)27(4)20-30-14-15-34(47)32(22-30)24-46/h9,18,20,26,28-35,37-40,46-48,53H,1,10-17,19,21-24H2,2-8H3/t26-,28+,29+,30-,31+,32-,33?,34+,35-,37-,38-,39+,40+,44+/m0/s1. The third-order valence-corrected chi connectivity index (χ3v) is 13.0. The predicted molar refractivity (Wildman–Crippen MR) is 212 cm³/mol. The number of amides is 1. The fourth-order valence-corrected chi connectivity index (χ4v) is 9.51. The Morgan fingerprint density at radius 3 is 2.32 bits per heavy atom. The molecule has 4 rings (SSSR count). The topological polar surface area (TPSA) is 189 Å². The van der Waals surface area contributed by atoms with E-state index >= 15 is 0 Å². The molecular weight excluding hydrogens is 734 g/mol. The highest BCUT2D eigenvalue weighted by atomic mass is 16.7. The van der Waals surface area contributed by atoms with Crippen molar-refractivity contribution in [2.45, 2.75) is 154 Å². The van der Waals surface area contributed by atoms with E-state index in [-0.39, 0.29) is 56.0 Å². The number of rotatable bonds is 7. The van der Waals surface area contributed by atoms with E-state index in [1.54, 1.807) is 26.8 Å². The molecule has 4 aliphatic rings. The number of aliphatic hydroxyl groups excluding tert-OH is 3. The molecule has 322 valence electrons. The molecule has 1 amide bonds. The molecule has 13 nitrogen and oxygen atoms in total. The van der Waals surface area contributed by atoms with Gasteiger partial charge in [-0.1, -0.05) is 44.6 Å². The average molecular weight is 804 g/mol. The number of aliphatic hydroxyl groups is 4. The number of fused-ring (bicyclic) bond motifs is 3. The van der Waals surface area contributed by atoms with Gasteiger partial charge in [-0.05, 0) is 95.5 Å². The van der Waals surface area contributed by atoms with Crippen LogP contribution in [-0.2, 0) is 38.1 Å². The lowest BCUT2D eigenvalue weighted by atomic mass is 9.78. The maximum absolute atomic E-state index is 14.3. The molecule has 0 radical (unpaired) electrons. The summed E-state index contributed by atoms with van der Waals surface area (Å²) in [6, 6.07) is -1.16. The Balaban J connectivity index is 1.78. The lowest BCUT2D eigenvalue weighted by Gasteiger charge is -2.47. The molecule has 14 atom stereocenters. The summed E-state index contributed by atoms with van der Waals surface area (Å²) in [5, 5.41) is 44.0. The zero-order valence-corrected chi connectivity index (χ0v) is 35.1. The summed E-state index contributed by atoms with van der Waals surface area (Å²) in [4.78, 5) is 57.8. The molecule has 0 aromatic heterocycles. The Kier molecular flexibility index (Phi) is 17.2. The molecule has 3 fully saturated rings. The Morgan fingerprint density at radius 2 is 1.67 bits per heavy atom. The molecule has 2 bridgehead atoms. The van der Waals surface area contributed by atoms with Crippen molar-refractivity contribution in [1.29, 1.82) is 0 Å². The highest BCUT2D eigenvalue weighted by Crippen LogP contribution is 2.39. The van der Waals surface area contributed by atoms with Crippen LogP contribution in [0.15, 0.2) is 36.0 Å². The van der Waals surface area contributed by atoms with E-state index in [0.29, 0.717) is 56.9 Å². The van der Waals surface area contributed by atoms with Gasteiger partial charge in [0.25, 0.3) is 11.7 Å². The second-order valence-electron chi connectivity index (χ2n) is 17.4. The first kappa shape index (κ1) is 46.9. The third-order valence-electron chi connectivity index (χ3n) is 13.0. The van der Waals surface area contributed by atoms with Crippen molar-refractivity contribution in [2.75, 3.05) is 27.4 Å².